The van der Waals surface area contributed by atoms with Crippen LogP contribution in [0.5, 0.6) is 0 Å². The van der Waals surface area contributed by atoms with Crippen molar-refractivity contribution in [3.05, 3.63) is 0 Å². The molecule has 1 nitrogen and oxygen atoms in total. The number of aliphatic hydroxyl groups excluding tert-OH is 1. The molecule has 4 bridgehead atoms. The minimum absolute atomic E-state index is 0.0267. The lowest BCUT2D eigenvalue weighted by Gasteiger charge is -2.57. The molecule has 4 fully saturated rings. The molecule has 1 heteroatoms. The van der Waals surface area contributed by atoms with Gasteiger partial charge in [-0.05, 0) is 80.5 Å². The zero-order chi connectivity index (χ0) is 13.5. The summed E-state index contributed by atoms with van der Waals surface area (Å²) in [6.45, 7) is 4.54. The average molecular weight is 264 g/mol. The fourth-order valence-corrected chi connectivity index (χ4v) is 6.13. The van der Waals surface area contributed by atoms with Crippen LogP contribution >= 0.6 is 0 Å². The van der Waals surface area contributed by atoms with Crippen molar-refractivity contribution < 1.29 is 5.11 Å². The van der Waals surface area contributed by atoms with E-state index in [1.54, 1.807) is 0 Å². The zero-order valence-electron chi connectivity index (χ0n) is 12.9. The standard InChI is InChI=1S/C18H32O/c1-3-13(4-2)8-17(19)12-18-9-14-5-15(10-18)7-16(6-14)11-18/h13-17,19H,3-12H2,1-2H3. The van der Waals surface area contributed by atoms with Gasteiger partial charge in [0, 0.05) is 0 Å². The van der Waals surface area contributed by atoms with Crippen molar-refractivity contribution >= 4 is 0 Å². The summed E-state index contributed by atoms with van der Waals surface area (Å²) in [7, 11) is 0. The summed E-state index contributed by atoms with van der Waals surface area (Å²) in [6, 6.07) is 0. The minimum Gasteiger partial charge on any atom is -0.393 e. The van der Waals surface area contributed by atoms with Crippen LogP contribution in [0, 0.1) is 29.1 Å². The van der Waals surface area contributed by atoms with Crippen LogP contribution in [0.2, 0.25) is 0 Å². The van der Waals surface area contributed by atoms with Crippen molar-refractivity contribution in [3.63, 3.8) is 0 Å². The number of aliphatic hydroxyl groups is 1. The summed E-state index contributed by atoms with van der Waals surface area (Å²) in [5.74, 6) is 3.80. The van der Waals surface area contributed by atoms with Crippen LogP contribution in [0.15, 0.2) is 0 Å². The first kappa shape index (κ1) is 13.9. The number of hydrogen-bond acceptors (Lipinski definition) is 1. The van der Waals surface area contributed by atoms with Crippen molar-refractivity contribution in [2.45, 2.75) is 84.2 Å². The Morgan fingerprint density at radius 1 is 0.947 bits per heavy atom. The molecule has 4 saturated carbocycles. The molecule has 0 radical (unpaired) electrons. The maximum absolute atomic E-state index is 10.5. The summed E-state index contributed by atoms with van der Waals surface area (Å²) in [5.41, 5.74) is 0.556. The van der Waals surface area contributed by atoms with Gasteiger partial charge in [-0.3, -0.25) is 0 Å². The van der Waals surface area contributed by atoms with Gasteiger partial charge in [-0.1, -0.05) is 26.7 Å². The van der Waals surface area contributed by atoms with Crippen LogP contribution in [-0.2, 0) is 0 Å². The van der Waals surface area contributed by atoms with Gasteiger partial charge in [0.1, 0.15) is 0 Å². The van der Waals surface area contributed by atoms with Crippen LogP contribution in [0.25, 0.3) is 0 Å². The Labute approximate surface area is 119 Å². The molecule has 1 N–H and O–H groups in total. The second kappa shape index (κ2) is 5.39. The first-order chi connectivity index (χ1) is 9.12. The highest BCUT2D eigenvalue weighted by Crippen LogP contribution is 2.61. The lowest BCUT2D eigenvalue weighted by atomic mass is 9.48. The van der Waals surface area contributed by atoms with Crippen molar-refractivity contribution in [2.24, 2.45) is 29.1 Å². The maximum atomic E-state index is 10.5. The Bertz CT molecular complexity index is 270. The molecule has 0 saturated heterocycles. The maximum Gasteiger partial charge on any atom is 0.0548 e. The SMILES string of the molecule is CCC(CC)CC(O)CC12CC3CC(CC(C3)C1)C2. The van der Waals surface area contributed by atoms with E-state index in [0.717, 1.165) is 36.5 Å². The minimum atomic E-state index is -0.0267. The van der Waals surface area contributed by atoms with Gasteiger partial charge in [0.2, 0.25) is 0 Å². The fourth-order valence-electron chi connectivity index (χ4n) is 6.13. The number of rotatable bonds is 6. The Balaban J connectivity index is 1.59. The molecule has 1 unspecified atom stereocenters. The molecule has 19 heavy (non-hydrogen) atoms. The van der Waals surface area contributed by atoms with Crippen LogP contribution in [0.3, 0.4) is 0 Å². The molecule has 4 aliphatic carbocycles. The fraction of sp³-hybridized carbons (Fsp3) is 1.00. The van der Waals surface area contributed by atoms with Gasteiger partial charge in [0.15, 0.2) is 0 Å². The second-order valence-electron chi connectivity index (χ2n) is 8.19. The van der Waals surface area contributed by atoms with Gasteiger partial charge in [0.05, 0.1) is 6.10 Å². The summed E-state index contributed by atoms with van der Waals surface area (Å²) in [4.78, 5) is 0. The van der Waals surface area contributed by atoms with Gasteiger partial charge < -0.3 is 5.11 Å². The molecule has 0 aromatic rings. The molecule has 0 aromatic carbocycles. The predicted molar refractivity (Wildman–Crippen MR) is 79.9 cm³/mol. The van der Waals surface area contributed by atoms with E-state index in [1.807, 2.05) is 0 Å². The highest BCUT2D eigenvalue weighted by molar-refractivity contribution is 5.02. The highest BCUT2D eigenvalue weighted by atomic mass is 16.3. The predicted octanol–water partition coefficient (Wildman–Crippen LogP) is 4.78. The molecular weight excluding hydrogens is 232 g/mol. The molecule has 0 heterocycles. The van der Waals surface area contributed by atoms with Gasteiger partial charge in [-0.2, -0.15) is 0 Å². The Morgan fingerprint density at radius 2 is 1.42 bits per heavy atom. The lowest BCUT2D eigenvalue weighted by Crippen LogP contribution is -2.47. The van der Waals surface area contributed by atoms with Gasteiger partial charge in [0.25, 0.3) is 0 Å². The molecule has 0 amide bonds. The smallest absolute Gasteiger partial charge is 0.0548 e. The van der Waals surface area contributed by atoms with Crippen LogP contribution < -0.4 is 0 Å². The lowest BCUT2D eigenvalue weighted by molar-refractivity contribution is -0.0783. The Kier molecular flexibility index (Phi) is 3.95. The third-order valence-corrected chi connectivity index (χ3v) is 6.59. The first-order valence-corrected chi connectivity index (χ1v) is 8.80. The molecule has 0 aromatic heterocycles. The third-order valence-electron chi connectivity index (χ3n) is 6.59. The third kappa shape index (κ3) is 2.86. The normalized spacial score (nSPS) is 42.0. The summed E-state index contributed by atoms with van der Waals surface area (Å²) in [6.07, 6.45) is 13.5. The Hall–Kier alpha value is -0.0400. The largest absolute Gasteiger partial charge is 0.393 e. The van der Waals surface area contributed by atoms with Crippen LogP contribution in [0.1, 0.15) is 78.1 Å². The van der Waals surface area contributed by atoms with Crippen LogP contribution in [0.4, 0.5) is 0 Å². The van der Waals surface area contributed by atoms with Gasteiger partial charge >= 0.3 is 0 Å². The number of hydrogen-bond donors (Lipinski definition) is 1. The van der Waals surface area contributed by atoms with E-state index < -0.39 is 0 Å². The molecule has 1 atom stereocenters. The zero-order valence-corrected chi connectivity index (χ0v) is 12.9. The van der Waals surface area contributed by atoms with Crippen LogP contribution in [-0.4, -0.2) is 11.2 Å². The van der Waals surface area contributed by atoms with Crippen molar-refractivity contribution in [3.8, 4) is 0 Å². The molecule has 0 aliphatic heterocycles. The van der Waals surface area contributed by atoms with E-state index in [0.29, 0.717) is 5.41 Å². The molecular formula is C18H32O. The van der Waals surface area contributed by atoms with E-state index in [9.17, 15) is 5.11 Å². The van der Waals surface area contributed by atoms with E-state index in [2.05, 4.69) is 13.8 Å². The molecule has 4 rings (SSSR count). The molecule has 4 aliphatic rings. The Morgan fingerprint density at radius 3 is 1.84 bits per heavy atom. The summed E-state index contributed by atoms with van der Waals surface area (Å²) >= 11 is 0. The second-order valence-corrected chi connectivity index (χ2v) is 8.19. The van der Waals surface area contributed by atoms with E-state index in [-0.39, 0.29) is 6.10 Å². The van der Waals surface area contributed by atoms with E-state index in [1.165, 1.54) is 51.4 Å². The highest BCUT2D eigenvalue weighted by Gasteiger charge is 2.51. The van der Waals surface area contributed by atoms with Crippen molar-refractivity contribution in [2.75, 3.05) is 0 Å². The topological polar surface area (TPSA) is 20.2 Å². The van der Waals surface area contributed by atoms with Gasteiger partial charge in [-0.25, -0.2) is 0 Å². The molecule has 0 spiro atoms. The average Bonchev–Trinajstić information content (AvgIpc) is 2.33. The summed E-state index contributed by atoms with van der Waals surface area (Å²) in [5, 5.41) is 10.5. The van der Waals surface area contributed by atoms with E-state index in [4.69, 9.17) is 0 Å². The molecule has 110 valence electrons. The summed E-state index contributed by atoms with van der Waals surface area (Å²) < 4.78 is 0. The monoisotopic (exact) mass is 264 g/mol. The first-order valence-electron chi connectivity index (χ1n) is 8.80. The quantitative estimate of drug-likeness (QED) is 0.732. The van der Waals surface area contributed by atoms with Crippen molar-refractivity contribution in [1.82, 2.24) is 0 Å². The van der Waals surface area contributed by atoms with Gasteiger partial charge in [-0.15, -0.1) is 0 Å². The van der Waals surface area contributed by atoms with Crippen molar-refractivity contribution in [1.29, 1.82) is 0 Å². The van der Waals surface area contributed by atoms with E-state index >= 15 is 0 Å².